The lowest BCUT2D eigenvalue weighted by molar-refractivity contribution is 1.45. The van der Waals surface area contributed by atoms with Crippen molar-refractivity contribution in [3.8, 4) is 0 Å². The SMILES string of the molecule is CCSC(S)c1ccc(Cl)s1. The molecule has 0 fully saturated rings. The predicted molar refractivity (Wildman–Crippen MR) is 59.2 cm³/mol. The van der Waals surface area contributed by atoms with Gasteiger partial charge in [0.25, 0.3) is 0 Å². The maximum absolute atomic E-state index is 5.78. The molecule has 0 bridgehead atoms. The van der Waals surface area contributed by atoms with E-state index in [0.29, 0.717) is 0 Å². The summed E-state index contributed by atoms with van der Waals surface area (Å²) in [7, 11) is 0. The lowest BCUT2D eigenvalue weighted by atomic mass is 10.5. The van der Waals surface area contributed by atoms with Crippen molar-refractivity contribution in [2.24, 2.45) is 0 Å². The van der Waals surface area contributed by atoms with Gasteiger partial charge in [-0.15, -0.1) is 23.1 Å². The van der Waals surface area contributed by atoms with Crippen LogP contribution in [-0.4, -0.2) is 5.75 Å². The summed E-state index contributed by atoms with van der Waals surface area (Å²) >= 11 is 13.6. The first-order chi connectivity index (χ1) is 5.24. The zero-order valence-corrected chi connectivity index (χ0v) is 9.36. The molecular weight excluding hydrogens is 216 g/mol. The first-order valence-electron chi connectivity index (χ1n) is 3.29. The number of thiophene rings is 1. The Kier molecular flexibility index (Phi) is 4.13. The average Bonchev–Trinajstić information content (AvgIpc) is 2.36. The van der Waals surface area contributed by atoms with Gasteiger partial charge in [-0.2, -0.15) is 12.6 Å². The van der Waals surface area contributed by atoms with E-state index < -0.39 is 0 Å². The van der Waals surface area contributed by atoms with Gasteiger partial charge >= 0.3 is 0 Å². The summed E-state index contributed by atoms with van der Waals surface area (Å²) in [4.78, 5) is 1.24. The van der Waals surface area contributed by atoms with Crippen LogP contribution in [0.5, 0.6) is 0 Å². The van der Waals surface area contributed by atoms with Crippen LogP contribution in [0.2, 0.25) is 4.34 Å². The summed E-state index contributed by atoms with van der Waals surface area (Å²) in [6.45, 7) is 2.13. The average molecular weight is 225 g/mol. The first kappa shape index (κ1) is 9.78. The molecule has 0 N–H and O–H groups in total. The van der Waals surface area contributed by atoms with Crippen LogP contribution < -0.4 is 0 Å². The summed E-state index contributed by atoms with van der Waals surface area (Å²) < 4.78 is 1.13. The van der Waals surface area contributed by atoms with E-state index in [-0.39, 0.29) is 4.58 Å². The number of rotatable bonds is 3. The molecule has 0 amide bonds. The van der Waals surface area contributed by atoms with Crippen molar-refractivity contribution in [1.29, 1.82) is 0 Å². The third-order valence-corrected chi connectivity index (χ3v) is 4.41. The fourth-order valence-corrected chi connectivity index (χ4v) is 3.23. The van der Waals surface area contributed by atoms with E-state index in [2.05, 4.69) is 19.6 Å². The van der Waals surface area contributed by atoms with Crippen LogP contribution in [0.1, 0.15) is 16.4 Å². The highest BCUT2D eigenvalue weighted by Gasteiger charge is 2.07. The standard InChI is InChI=1S/C7H9ClS3/c1-2-10-7(9)5-3-4-6(8)11-5/h3-4,7,9H,2H2,1H3. The number of hydrogen-bond acceptors (Lipinski definition) is 3. The molecule has 0 radical (unpaired) electrons. The molecule has 0 aliphatic carbocycles. The Morgan fingerprint density at radius 1 is 1.73 bits per heavy atom. The van der Waals surface area contributed by atoms with Gasteiger partial charge in [0.05, 0.1) is 8.92 Å². The minimum absolute atomic E-state index is 0.289. The van der Waals surface area contributed by atoms with Crippen molar-refractivity contribution in [3.63, 3.8) is 0 Å². The largest absolute Gasteiger partial charge is 0.159 e. The second kappa shape index (κ2) is 4.65. The van der Waals surface area contributed by atoms with Gasteiger partial charge in [-0.05, 0) is 17.9 Å². The van der Waals surface area contributed by atoms with Crippen molar-refractivity contribution in [2.75, 3.05) is 5.75 Å². The summed E-state index contributed by atoms with van der Waals surface area (Å²) in [6.07, 6.45) is 0. The molecule has 0 saturated carbocycles. The van der Waals surface area contributed by atoms with Crippen molar-refractivity contribution >= 4 is 47.3 Å². The fourth-order valence-electron chi connectivity index (χ4n) is 0.701. The van der Waals surface area contributed by atoms with Gasteiger partial charge in [0, 0.05) is 4.88 Å². The number of halogens is 1. The van der Waals surface area contributed by atoms with Gasteiger partial charge in [-0.3, -0.25) is 0 Å². The Balaban J connectivity index is 2.60. The molecule has 0 saturated heterocycles. The molecule has 4 heteroatoms. The molecule has 11 heavy (non-hydrogen) atoms. The van der Waals surface area contributed by atoms with Crippen LogP contribution >= 0.6 is 47.3 Å². The third kappa shape index (κ3) is 2.90. The lowest BCUT2D eigenvalue weighted by Crippen LogP contribution is -1.78. The Hall–Kier alpha value is 0.690. The van der Waals surface area contributed by atoms with Crippen molar-refractivity contribution in [2.45, 2.75) is 11.5 Å². The summed E-state index contributed by atoms with van der Waals surface area (Å²) in [5.74, 6) is 1.09. The molecular formula is C7H9ClS3. The van der Waals surface area contributed by atoms with Crippen LogP contribution in [0.4, 0.5) is 0 Å². The third-order valence-electron chi connectivity index (χ3n) is 1.16. The van der Waals surface area contributed by atoms with Gasteiger partial charge in [-0.25, -0.2) is 0 Å². The normalized spacial score (nSPS) is 13.4. The van der Waals surface area contributed by atoms with Gasteiger partial charge in [-0.1, -0.05) is 18.5 Å². The van der Waals surface area contributed by atoms with E-state index in [0.717, 1.165) is 10.1 Å². The van der Waals surface area contributed by atoms with Crippen LogP contribution in [0.3, 0.4) is 0 Å². The van der Waals surface area contributed by atoms with E-state index in [1.165, 1.54) is 4.88 Å². The number of thioether (sulfide) groups is 1. The topological polar surface area (TPSA) is 0 Å². The fraction of sp³-hybridized carbons (Fsp3) is 0.429. The highest BCUT2D eigenvalue weighted by molar-refractivity contribution is 8.09. The zero-order chi connectivity index (χ0) is 8.27. The Bertz CT molecular complexity index is 221. The quantitative estimate of drug-likeness (QED) is 0.596. The molecule has 1 aromatic heterocycles. The van der Waals surface area contributed by atoms with Gasteiger partial charge in [0.2, 0.25) is 0 Å². The van der Waals surface area contributed by atoms with Crippen molar-refractivity contribution in [1.82, 2.24) is 0 Å². The molecule has 0 spiro atoms. The molecule has 0 aliphatic heterocycles. The van der Waals surface area contributed by atoms with Crippen molar-refractivity contribution < 1.29 is 0 Å². The Morgan fingerprint density at radius 3 is 2.91 bits per heavy atom. The predicted octanol–water partition coefficient (Wildman–Crippen LogP) is 4.08. The summed E-state index contributed by atoms with van der Waals surface area (Å²) in [6, 6.07) is 3.95. The maximum atomic E-state index is 5.78. The minimum atomic E-state index is 0.289. The van der Waals surface area contributed by atoms with E-state index in [9.17, 15) is 0 Å². The Labute approximate surface area is 85.7 Å². The molecule has 0 aliphatic rings. The second-order valence-electron chi connectivity index (χ2n) is 1.95. The molecule has 1 atom stereocenters. The van der Waals surface area contributed by atoms with Gasteiger partial charge in [0.15, 0.2) is 0 Å². The highest BCUT2D eigenvalue weighted by atomic mass is 35.5. The minimum Gasteiger partial charge on any atom is -0.159 e. The molecule has 1 rings (SSSR count). The highest BCUT2D eigenvalue weighted by Crippen LogP contribution is 2.37. The van der Waals surface area contributed by atoms with E-state index in [4.69, 9.17) is 11.6 Å². The zero-order valence-electron chi connectivity index (χ0n) is 6.08. The van der Waals surface area contributed by atoms with Gasteiger partial charge < -0.3 is 0 Å². The second-order valence-corrected chi connectivity index (χ2v) is 5.94. The molecule has 62 valence electrons. The van der Waals surface area contributed by atoms with E-state index in [1.807, 2.05) is 23.9 Å². The summed E-state index contributed by atoms with van der Waals surface area (Å²) in [5, 5.41) is 0. The first-order valence-corrected chi connectivity index (χ1v) is 6.05. The van der Waals surface area contributed by atoms with Gasteiger partial charge in [0.1, 0.15) is 0 Å². The maximum Gasteiger partial charge on any atom is 0.0931 e. The number of hydrogen-bond donors (Lipinski definition) is 1. The molecule has 1 heterocycles. The summed E-state index contributed by atoms with van der Waals surface area (Å²) in [5.41, 5.74) is 0. The lowest BCUT2D eigenvalue weighted by Gasteiger charge is -2.04. The number of thiol groups is 1. The van der Waals surface area contributed by atoms with E-state index in [1.54, 1.807) is 11.3 Å². The van der Waals surface area contributed by atoms with E-state index >= 15 is 0 Å². The monoisotopic (exact) mass is 224 g/mol. The van der Waals surface area contributed by atoms with Crippen LogP contribution in [0.15, 0.2) is 12.1 Å². The van der Waals surface area contributed by atoms with Crippen molar-refractivity contribution in [3.05, 3.63) is 21.3 Å². The molecule has 0 nitrogen and oxygen atoms in total. The molecule has 1 aromatic rings. The van der Waals surface area contributed by atoms with Crippen LogP contribution in [0, 0.1) is 0 Å². The Morgan fingerprint density at radius 2 is 2.45 bits per heavy atom. The smallest absolute Gasteiger partial charge is 0.0931 e. The van der Waals surface area contributed by atoms with Crippen LogP contribution in [0.25, 0.3) is 0 Å². The van der Waals surface area contributed by atoms with Crippen LogP contribution in [-0.2, 0) is 0 Å². The molecule has 0 aromatic carbocycles. The molecule has 1 unspecified atom stereocenters.